The Kier molecular flexibility index (Phi) is 4.59. The van der Waals surface area contributed by atoms with E-state index in [1.54, 1.807) is 4.90 Å². The minimum atomic E-state index is -4.31. The van der Waals surface area contributed by atoms with E-state index >= 15 is 0 Å². The minimum Gasteiger partial charge on any atom is -0.339 e. The second-order valence-corrected chi connectivity index (χ2v) is 5.84. The number of halogens is 3. The third-order valence-electron chi connectivity index (χ3n) is 3.16. The molecule has 1 amide bonds. The highest BCUT2D eigenvalue weighted by Crippen LogP contribution is 2.36. The van der Waals surface area contributed by atoms with Crippen LogP contribution in [0.5, 0.6) is 0 Å². The molecule has 0 bridgehead atoms. The van der Waals surface area contributed by atoms with Crippen molar-refractivity contribution in [2.75, 3.05) is 13.1 Å². The number of nitrogens with zero attached hydrogens (tertiary/aromatic N) is 1. The van der Waals surface area contributed by atoms with Crippen LogP contribution in [0.3, 0.4) is 0 Å². The Morgan fingerprint density at radius 1 is 1.20 bits per heavy atom. The lowest BCUT2D eigenvalue weighted by Gasteiger charge is -2.30. The molecule has 1 aromatic carbocycles. The van der Waals surface area contributed by atoms with E-state index in [4.69, 9.17) is 5.73 Å². The molecule has 7 heteroatoms. The minimum absolute atomic E-state index is 0.0784. The third kappa shape index (κ3) is 4.14. The maximum absolute atomic E-state index is 12.2. The zero-order valence-corrected chi connectivity index (χ0v) is 11.5. The molecule has 3 nitrogen and oxygen atoms in total. The molecule has 110 valence electrons. The van der Waals surface area contributed by atoms with Gasteiger partial charge in [-0.25, -0.2) is 0 Å². The van der Waals surface area contributed by atoms with Crippen LogP contribution in [0, 0.1) is 0 Å². The molecule has 0 atom stereocenters. The summed E-state index contributed by atoms with van der Waals surface area (Å²) in [6, 6.07) is 5.64. The van der Waals surface area contributed by atoms with Gasteiger partial charge in [-0.15, -0.1) is 0 Å². The second kappa shape index (κ2) is 6.05. The van der Waals surface area contributed by atoms with Crippen molar-refractivity contribution in [3.63, 3.8) is 0 Å². The van der Waals surface area contributed by atoms with Gasteiger partial charge >= 0.3 is 5.51 Å². The standard InChI is InChI=1S/C13H15F3N2OS/c14-13(15,16)20-11-3-1-9(2-4-11)12(19)18-7-5-10(17)6-8-18/h1-4,10H,5-8,17H2. The molecular formula is C13H15F3N2OS. The van der Waals surface area contributed by atoms with E-state index in [0.29, 0.717) is 18.7 Å². The van der Waals surface area contributed by atoms with Crippen molar-refractivity contribution in [2.24, 2.45) is 5.73 Å². The predicted molar refractivity (Wildman–Crippen MR) is 71.5 cm³/mol. The lowest BCUT2D eigenvalue weighted by atomic mass is 10.1. The van der Waals surface area contributed by atoms with Gasteiger partial charge in [0.2, 0.25) is 0 Å². The van der Waals surface area contributed by atoms with Crippen LogP contribution in [-0.2, 0) is 0 Å². The lowest BCUT2D eigenvalue weighted by Crippen LogP contribution is -2.42. The highest BCUT2D eigenvalue weighted by Gasteiger charge is 2.29. The number of carbonyl (C=O) groups excluding carboxylic acids is 1. The Bertz CT molecular complexity index is 467. The maximum atomic E-state index is 12.2. The first kappa shape index (κ1) is 15.2. The van der Waals surface area contributed by atoms with Gasteiger partial charge in [0.25, 0.3) is 5.91 Å². The molecule has 1 heterocycles. The summed E-state index contributed by atoms with van der Waals surface area (Å²) in [5.74, 6) is -0.152. The summed E-state index contributed by atoms with van der Waals surface area (Å²) in [6.07, 6.45) is 1.52. The SMILES string of the molecule is NC1CCN(C(=O)c2ccc(SC(F)(F)F)cc2)CC1. The summed E-state index contributed by atoms with van der Waals surface area (Å²) in [5, 5.41) is 0. The second-order valence-electron chi connectivity index (χ2n) is 4.70. The van der Waals surface area contributed by atoms with Crippen molar-refractivity contribution in [3.8, 4) is 0 Å². The van der Waals surface area contributed by atoms with E-state index in [2.05, 4.69) is 0 Å². The van der Waals surface area contributed by atoms with Crippen molar-refractivity contribution in [3.05, 3.63) is 29.8 Å². The van der Waals surface area contributed by atoms with Crippen LogP contribution < -0.4 is 5.73 Å². The molecule has 2 N–H and O–H groups in total. The zero-order chi connectivity index (χ0) is 14.8. The molecule has 0 radical (unpaired) electrons. The molecule has 0 unspecified atom stereocenters. The number of piperidine rings is 1. The van der Waals surface area contributed by atoms with E-state index < -0.39 is 5.51 Å². The van der Waals surface area contributed by atoms with Gasteiger partial charge in [0.1, 0.15) is 0 Å². The van der Waals surface area contributed by atoms with Gasteiger partial charge in [0.05, 0.1) is 0 Å². The Hall–Kier alpha value is -1.21. The molecular weight excluding hydrogens is 289 g/mol. The van der Waals surface area contributed by atoms with Gasteiger partial charge in [0, 0.05) is 29.6 Å². The molecule has 1 saturated heterocycles. The molecule has 1 aliphatic rings. The number of hydrogen-bond acceptors (Lipinski definition) is 3. The first-order valence-electron chi connectivity index (χ1n) is 6.26. The Balaban J connectivity index is 2.00. The van der Waals surface area contributed by atoms with Crippen molar-refractivity contribution in [1.82, 2.24) is 4.90 Å². The Morgan fingerprint density at radius 3 is 2.25 bits per heavy atom. The first-order valence-corrected chi connectivity index (χ1v) is 7.07. The van der Waals surface area contributed by atoms with Crippen LogP contribution in [0.1, 0.15) is 23.2 Å². The van der Waals surface area contributed by atoms with Gasteiger partial charge in [-0.1, -0.05) is 0 Å². The molecule has 2 rings (SSSR count). The van der Waals surface area contributed by atoms with Gasteiger partial charge in [0.15, 0.2) is 0 Å². The third-order valence-corrected chi connectivity index (χ3v) is 3.90. The summed E-state index contributed by atoms with van der Waals surface area (Å²) in [4.78, 5) is 13.9. The number of amides is 1. The largest absolute Gasteiger partial charge is 0.446 e. The topological polar surface area (TPSA) is 46.3 Å². The van der Waals surface area contributed by atoms with Crippen molar-refractivity contribution >= 4 is 17.7 Å². The molecule has 1 aromatic rings. The van der Waals surface area contributed by atoms with Crippen molar-refractivity contribution in [1.29, 1.82) is 0 Å². The normalized spacial score (nSPS) is 17.3. The quantitative estimate of drug-likeness (QED) is 0.855. The summed E-state index contributed by atoms with van der Waals surface area (Å²) in [6.45, 7) is 1.19. The Morgan fingerprint density at radius 2 is 1.75 bits per heavy atom. The summed E-state index contributed by atoms with van der Waals surface area (Å²) in [5.41, 5.74) is 1.87. The number of carbonyl (C=O) groups is 1. The molecule has 0 aliphatic carbocycles. The number of likely N-dealkylation sites (tertiary alicyclic amines) is 1. The number of thioether (sulfide) groups is 1. The average Bonchev–Trinajstić information content (AvgIpc) is 2.38. The van der Waals surface area contributed by atoms with Crippen LogP contribution >= 0.6 is 11.8 Å². The van der Waals surface area contributed by atoms with Crippen LogP contribution in [-0.4, -0.2) is 35.4 Å². The predicted octanol–water partition coefficient (Wildman–Crippen LogP) is 2.86. The highest BCUT2D eigenvalue weighted by molar-refractivity contribution is 8.00. The van der Waals surface area contributed by atoms with Crippen LogP contribution in [0.15, 0.2) is 29.2 Å². The van der Waals surface area contributed by atoms with E-state index in [1.807, 2.05) is 0 Å². The lowest BCUT2D eigenvalue weighted by molar-refractivity contribution is -0.0328. The van der Waals surface area contributed by atoms with Gasteiger partial charge in [-0.2, -0.15) is 13.2 Å². The van der Waals surface area contributed by atoms with E-state index in [9.17, 15) is 18.0 Å². The highest BCUT2D eigenvalue weighted by atomic mass is 32.2. The van der Waals surface area contributed by atoms with Crippen LogP contribution in [0.4, 0.5) is 13.2 Å². The molecule has 0 aromatic heterocycles. The number of rotatable bonds is 2. The summed E-state index contributed by atoms with van der Waals surface area (Å²) >= 11 is -0.184. The van der Waals surface area contributed by atoms with Crippen LogP contribution in [0.25, 0.3) is 0 Å². The monoisotopic (exact) mass is 304 g/mol. The van der Waals surface area contributed by atoms with Crippen molar-refractivity contribution in [2.45, 2.75) is 29.3 Å². The van der Waals surface area contributed by atoms with E-state index in [1.165, 1.54) is 24.3 Å². The summed E-state index contributed by atoms with van der Waals surface area (Å²) in [7, 11) is 0. The van der Waals surface area contributed by atoms with Gasteiger partial charge < -0.3 is 10.6 Å². The average molecular weight is 304 g/mol. The number of alkyl halides is 3. The van der Waals surface area contributed by atoms with Crippen molar-refractivity contribution < 1.29 is 18.0 Å². The van der Waals surface area contributed by atoms with E-state index in [0.717, 1.165) is 12.8 Å². The molecule has 0 spiro atoms. The van der Waals surface area contributed by atoms with Gasteiger partial charge in [-0.3, -0.25) is 4.79 Å². The summed E-state index contributed by atoms with van der Waals surface area (Å²) < 4.78 is 36.6. The van der Waals surface area contributed by atoms with E-state index in [-0.39, 0.29) is 28.6 Å². The first-order chi connectivity index (χ1) is 9.35. The fourth-order valence-corrected chi connectivity index (χ4v) is 2.62. The molecule has 20 heavy (non-hydrogen) atoms. The molecule has 1 fully saturated rings. The number of nitrogens with two attached hydrogens (primary N) is 1. The number of hydrogen-bond donors (Lipinski definition) is 1. The molecule has 1 aliphatic heterocycles. The maximum Gasteiger partial charge on any atom is 0.446 e. The number of benzene rings is 1. The fraction of sp³-hybridized carbons (Fsp3) is 0.462. The molecule has 0 saturated carbocycles. The zero-order valence-electron chi connectivity index (χ0n) is 10.7. The fourth-order valence-electron chi connectivity index (χ4n) is 2.08. The van der Waals surface area contributed by atoms with Gasteiger partial charge in [-0.05, 0) is 48.9 Å². The smallest absolute Gasteiger partial charge is 0.339 e. The Labute approximate surface area is 119 Å². The van der Waals surface area contributed by atoms with Crippen LogP contribution in [0.2, 0.25) is 0 Å².